The molecular weight excluding hydrogens is 566 g/mol. The van der Waals surface area contributed by atoms with E-state index in [9.17, 15) is 22.8 Å². The average Bonchev–Trinajstić information content (AvgIpc) is 3.38. The Morgan fingerprint density at radius 2 is 1.76 bits per heavy atom. The number of sulfone groups is 1. The van der Waals surface area contributed by atoms with E-state index >= 15 is 0 Å². The summed E-state index contributed by atoms with van der Waals surface area (Å²) in [4.78, 5) is 38.9. The molecule has 1 amide bonds. The molecule has 5 rings (SSSR count). The van der Waals surface area contributed by atoms with Gasteiger partial charge in [-0.3, -0.25) is 19.2 Å². The molecule has 0 atom stereocenters. The first-order chi connectivity index (χ1) is 19.9. The maximum absolute atomic E-state index is 13.7. The summed E-state index contributed by atoms with van der Waals surface area (Å²) in [5, 5.41) is 8.89. The highest BCUT2D eigenvalue weighted by Gasteiger charge is 2.30. The summed E-state index contributed by atoms with van der Waals surface area (Å²) >= 11 is 0. The minimum absolute atomic E-state index is 0.0389. The number of ether oxygens (including phenoxy) is 3. The lowest BCUT2D eigenvalue weighted by atomic mass is 10.2. The zero-order chi connectivity index (χ0) is 30.2. The predicted molar refractivity (Wildman–Crippen MR) is 150 cm³/mol. The van der Waals surface area contributed by atoms with Crippen LogP contribution in [0.25, 0.3) is 10.8 Å². The fraction of sp³-hybridized carbons (Fsp3) is 0.321. The van der Waals surface area contributed by atoms with Crippen molar-refractivity contribution in [2.24, 2.45) is 0 Å². The third kappa shape index (κ3) is 5.70. The molecule has 1 aliphatic heterocycles. The van der Waals surface area contributed by atoms with Crippen LogP contribution in [-0.4, -0.2) is 65.9 Å². The highest BCUT2D eigenvalue weighted by Crippen LogP contribution is 2.36. The maximum Gasteiger partial charge on any atom is 0.415 e. The summed E-state index contributed by atoms with van der Waals surface area (Å²) in [6.45, 7) is 5.60. The van der Waals surface area contributed by atoms with E-state index in [1.807, 2.05) is 0 Å². The van der Waals surface area contributed by atoms with Gasteiger partial charge in [-0.05, 0) is 63.2 Å². The van der Waals surface area contributed by atoms with E-state index in [4.69, 9.17) is 9.47 Å². The van der Waals surface area contributed by atoms with E-state index < -0.39 is 33.1 Å². The third-order valence-electron chi connectivity index (χ3n) is 6.48. The summed E-state index contributed by atoms with van der Waals surface area (Å²) in [6, 6.07) is 10.1. The number of fused-ring (bicyclic) bond motifs is 2. The smallest absolute Gasteiger partial charge is 0.415 e. The number of hydrogen-bond acceptors (Lipinski definition) is 10. The second kappa shape index (κ2) is 10.9. The van der Waals surface area contributed by atoms with Crippen LogP contribution in [0.15, 0.2) is 69.4 Å². The number of benzene rings is 2. The molecule has 0 saturated heterocycles. The molecule has 1 aliphatic rings. The Hall–Kier alpha value is -4.72. The number of hydrogen-bond donors (Lipinski definition) is 0. The Morgan fingerprint density at radius 1 is 1.02 bits per heavy atom. The SMILES string of the molecule is COC(=O)Cn1nccc1Cn1ncc2cc(S(=O)(=O)c3ccc4c(c3)N(C(=O)OC(C)(C)C)CCO4)ccc2c1=O. The standard InChI is InChI=1S/C28H29N5O8S/c1-28(2,3)41-27(36)31-11-12-40-24-8-6-21(14-23(24)31)42(37,38)20-5-7-22-18(13-20)15-30-33(26(22)35)16-19-9-10-29-32(19)17-25(34)39-4/h5-10,13-15H,11-12,16-17H2,1-4H3. The van der Waals surface area contributed by atoms with Gasteiger partial charge in [-0.1, -0.05) is 0 Å². The molecule has 220 valence electrons. The number of rotatable bonds is 6. The minimum Gasteiger partial charge on any atom is -0.490 e. The van der Waals surface area contributed by atoms with E-state index in [0.717, 1.165) is 0 Å². The van der Waals surface area contributed by atoms with E-state index in [-0.39, 0.29) is 47.1 Å². The van der Waals surface area contributed by atoms with Crippen LogP contribution in [0.5, 0.6) is 5.75 Å². The molecule has 0 aliphatic carbocycles. The quantitative estimate of drug-likeness (QED) is 0.304. The van der Waals surface area contributed by atoms with Crippen molar-refractivity contribution < 1.29 is 32.2 Å². The first kappa shape index (κ1) is 28.8. The first-order valence-corrected chi connectivity index (χ1v) is 14.5. The van der Waals surface area contributed by atoms with Gasteiger partial charge in [-0.2, -0.15) is 10.2 Å². The number of carbonyl (C=O) groups excluding carboxylic acids is 2. The largest absolute Gasteiger partial charge is 0.490 e. The number of esters is 1. The molecular formula is C28H29N5O8S. The number of methoxy groups -OCH3 is 1. The lowest BCUT2D eigenvalue weighted by Gasteiger charge is -2.31. The lowest BCUT2D eigenvalue weighted by molar-refractivity contribution is -0.141. The monoisotopic (exact) mass is 595 g/mol. The van der Waals surface area contributed by atoms with Crippen molar-refractivity contribution in [2.75, 3.05) is 25.2 Å². The number of anilines is 1. The van der Waals surface area contributed by atoms with Crippen molar-refractivity contribution in [1.29, 1.82) is 0 Å². The van der Waals surface area contributed by atoms with Gasteiger partial charge in [0, 0.05) is 11.6 Å². The molecule has 4 aromatic rings. The summed E-state index contributed by atoms with van der Waals surface area (Å²) in [7, 11) is -2.79. The van der Waals surface area contributed by atoms with E-state index in [0.29, 0.717) is 16.8 Å². The van der Waals surface area contributed by atoms with Crippen LogP contribution < -0.4 is 15.2 Å². The van der Waals surface area contributed by atoms with Gasteiger partial charge in [0.1, 0.15) is 24.5 Å². The summed E-state index contributed by atoms with van der Waals surface area (Å²) in [5.41, 5.74) is -0.332. The van der Waals surface area contributed by atoms with Gasteiger partial charge in [-0.15, -0.1) is 0 Å². The van der Waals surface area contributed by atoms with Crippen LogP contribution in [-0.2, 0) is 37.2 Å². The van der Waals surface area contributed by atoms with Crippen LogP contribution in [0.3, 0.4) is 0 Å². The van der Waals surface area contributed by atoms with Crippen LogP contribution in [0.2, 0.25) is 0 Å². The summed E-state index contributed by atoms with van der Waals surface area (Å²) in [6.07, 6.45) is 2.30. The Labute approximate surface area is 241 Å². The van der Waals surface area contributed by atoms with Gasteiger partial charge in [0.2, 0.25) is 9.84 Å². The van der Waals surface area contributed by atoms with Crippen molar-refractivity contribution in [3.63, 3.8) is 0 Å². The molecule has 14 heteroatoms. The van der Waals surface area contributed by atoms with Gasteiger partial charge >= 0.3 is 12.1 Å². The molecule has 42 heavy (non-hydrogen) atoms. The molecule has 0 spiro atoms. The van der Waals surface area contributed by atoms with Crippen LogP contribution >= 0.6 is 0 Å². The van der Waals surface area contributed by atoms with Gasteiger partial charge in [0.05, 0.1) is 53.0 Å². The number of aromatic nitrogens is 4. The van der Waals surface area contributed by atoms with Gasteiger partial charge in [0.15, 0.2) is 0 Å². The molecule has 0 unspecified atom stereocenters. The zero-order valence-corrected chi connectivity index (χ0v) is 24.3. The predicted octanol–water partition coefficient (Wildman–Crippen LogP) is 2.78. The Bertz CT molecular complexity index is 1860. The highest BCUT2D eigenvalue weighted by molar-refractivity contribution is 7.91. The van der Waals surface area contributed by atoms with Gasteiger partial charge < -0.3 is 14.2 Å². The van der Waals surface area contributed by atoms with Gasteiger partial charge in [-0.25, -0.2) is 17.9 Å². The van der Waals surface area contributed by atoms with Crippen molar-refractivity contribution in [1.82, 2.24) is 19.6 Å². The molecule has 0 radical (unpaired) electrons. The second-order valence-corrected chi connectivity index (χ2v) is 12.5. The number of carbonyl (C=O) groups is 2. The van der Waals surface area contributed by atoms with Gasteiger partial charge in [0.25, 0.3) is 5.56 Å². The maximum atomic E-state index is 13.7. The van der Waals surface area contributed by atoms with Crippen molar-refractivity contribution in [3.05, 3.63) is 70.9 Å². The summed E-state index contributed by atoms with van der Waals surface area (Å²) in [5.74, 6) is -0.126. The first-order valence-electron chi connectivity index (χ1n) is 13.0. The van der Waals surface area contributed by atoms with Crippen molar-refractivity contribution in [2.45, 2.75) is 49.3 Å². The minimum atomic E-state index is -4.06. The Balaban J connectivity index is 1.45. The highest BCUT2D eigenvalue weighted by atomic mass is 32.2. The second-order valence-electron chi connectivity index (χ2n) is 10.5. The van der Waals surface area contributed by atoms with Crippen LogP contribution in [0.1, 0.15) is 26.5 Å². The third-order valence-corrected chi connectivity index (χ3v) is 8.22. The molecule has 3 heterocycles. The molecule has 2 aromatic carbocycles. The number of amides is 1. The Kier molecular flexibility index (Phi) is 7.49. The molecule has 0 saturated carbocycles. The van der Waals surface area contributed by atoms with Crippen molar-refractivity contribution in [3.8, 4) is 5.75 Å². The molecule has 13 nitrogen and oxygen atoms in total. The zero-order valence-electron chi connectivity index (χ0n) is 23.4. The lowest BCUT2D eigenvalue weighted by Crippen LogP contribution is -2.41. The fourth-order valence-electron chi connectivity index (χ4n) is 4.43. The van der Waals surface area contributed by atoms with E-state index in [1.165, 1.54) is 70.2 Å². The number of nitrogens with zero attached hydrogens (tertiary/aromatic N) is 5. The van der Waals surface area contributed by atoms with E-state index in [1.54, 1.807) is 26.8 Å². The van der Waals surface area contributed by atoms with Crippen molar-refractivity contribution >= 4 is 38.4 Å². The molecule has 0 N–H and O–H groups in total. The topological polar surface area (TPSA) is 152 Å². The fourth-order valence-corrected chi connectivity index (χ4v) is 5.75. The Morgan fingerprint density at radius 3 is 2.50 bits per heavy atom. The molecule has 0 fully saturated rings. The molecule has 0 bridgehead atoms. The summed E-state index contributed by atoms with van der Waals surface area (Å²) < 4.78 is 45.7. The average molecular weight is 596 g/mol. The van der Waals surface area contributed by atoms with Crippen LogP contribution in [0, 0.1) is 0 Å². The molecule has 2 aromatic heterocycles. The van der Waals surface area contributed by atoms with Crippen LogP contribution in [0.4, 0.5) is 10.5 Å². The van der Waals surface area contributed by atoms with E-state index in [2.05, 4.69) is 14.9 Å². The normalized spacial score (nSPS) is 13.4.